The first-order chi connectivity index (χ1) is 10.8. The monoisotopic (exact) mass is 311 g/mol. The molecule has 0 atom stereocenters. The number of hydrogen-bond acceptors (Lipinski definition) is 2. The first-order valence-electron chi connectivity index (χ1n) is 9.33. The van der Waals surface area contributed by atoms with Gasteiger partial charge in [0.05, 0.1) is 6.61 Å². The molecule has 0 rings (SSSR count). The molecule has 0 fully saturated rings. The summed E-state index contributed by atoms with van der Waals surface area (Å²) < 4.78 is 0. The maximum atomic E-state index is 11.3. The van der Waals surface area contributed by atoms with Gasteiger partial charge in [-0.2, -0.15) is 0 Å². The van der Waals surface area contributed by atoms with Crippen LogP contribution in [0.1, 0.15) is 90.4 Å². The average Bonchev–Trinajstić information content (AvgIpc) is 2.53. The van der Waals surface area contributed by atoms with Gasteiger partial charge in [-0.15, -0.1) is 0 Å². The first kappa shape index (κ1) is 21.2. The van der Waals surface area contributed by atoms with Crippen molar-refractivity contribution in [3.8, 4) is 0 Å². The summed E-state index contributed by atoms with van der Waals surface area (Å²) in [5.41, 5.74) is 0. The lowest BCUT2D eigenvalue weighted by molar-refractivity contribution is -0.121. The third kappa shape index (κ3) is 17.2. The molecule has 130 valence electrons. The number of aliphatic hydroxyl groups excluding tert-OH is 1. The van der Waals surface area contributed by atoms with Crippen LogP contribution in [0.15, 0.2) is 12.2 Å². The molecular weight excluding hydrogens is 274 g/mol. The minimum Gasteiger partial charge on any atom is -0.395 e. The second-order valence-electron chi connectivity index (χ2n) is 6.05. The van der Waals surface area contributed by atoms with E-state index in [4.69, 9.17) is 5.11 Å². The summed E-state index contributed by atoms with van der Waals surface area (Å²) in [5.74, 6) is 0.0677. The summed E-state index contributed by atoms with van der Waals surface area (Å²) in [6.07, 6.45) is 20.4. The van der Waals surface area contributed by atoms with Gasteiger partial charge in [-0.05, 0) is 32.1 Å². The lowest BCUT2D eigenvalue weighted by atomic mass is 10.1. The Morgan fingerprint density at radius 3 is 2.00 bits per heavy atom. The van der Waals surface area contributed by atoms with E-state index in [0.717, 1.165) is 12.8 Å². The highest BCUT2D eigenvalue weighted by Gasteiger charge is 1.99. The molecule has 0 aromatic heterocycles. The Bertz CT molecular complexity index is 264. The van der Waals surface area contributed by atoms with Crippen molar-refractivity contribution in [2.24, 2.45) is 0 Å². The van der Waals surface area contributed by atoms with Gasteiger partial charge in [0.15, 0.2) is 0 Å². The maximum Gasteiger partial charge on any atom is 0.220 e. The van der Waals surface area contributed by atoms with Crippen molar-refractivity contribution in [3.63, 3.8) is 0 Å². The number of aliphatic hydroxyl groups is 1. The van der Waals surface area contributed by atoms with Gasteiger partial charge < -0.3 is 10.4 Å². The third-order valence-electron chi connectivity index (χ3n) is 3.85. The van der Waals surface area contributed by atoms with E-state index in [1.54, 1.807) is 0 Å². The van der Waals surface area contributed by atoms with Gasteiger partial charge in [-0.25, -0.2) is 0 Å². The van der Waals surface area contributed by atoms with Crippen molar-refractivity contribution in [3.05, 3.63) is 12.2 Å². The molecule has 0 saturated heterocycles. The second kappa shape index (κ2) is 18.2. The van der Waals surface area contributed by atoms with E-state index in [9.17, 15) is 4.79 Å². The summed E-state index contributed by atoms with van der Waals surface area (Å²) in [4.78, 5) is 11.3. The molecular formula is C19H37NO2. The molecule has 0 unspecified atom stereocenters. The SMILES string of the molecule is CCCCCC/C=C/CCCCCCCCC(=O)NCCO. The number of unbranched alkanes of at least 4 members (excludes halogenated alkanes) is 10. The van der Waals surface area contributed by atoms with Crippen LogP contribution in [0.4, 0.5) is 0 Å². The van der Waals surface area contributed by atoms with Crippen LogP contribution >= 0.6 is 0 Å². The largest absolute Gasteiger partial charge is 0.395 e. The number of allylic oxidation sites excluding steroid dienone is 2. The number of rotatable bonds is 16. The Morgan fingerprint density at radius 2 is 1.41 bits per heavy atom. The Morgan fingerprint density at radius 1 is 0.864 bits per heavy atom. The zero-order valence-electron chi connectivity index (χ0n) is 14.6. The highest BCUT2D eigenvalue weighted by atomic mass is 16.3. The van der Waals surface area contributed by atoms with Crippen molar-refractivity contribution >= 4 is 5.91 Å². The van der Waals surface area contributed by atoms with Gasteiger partial charge in [0.1, 0.15) is 0 Å². The molecule has 0 spiro atoms. The quantitative estimate of drug-likeness (QED) is 0.319. The smallest absolute Gasteiger partial charge is 0.220 e. The van der Waals surface area contributed by atoms with Crippen molar-refractivity contribution in [2.45, 2.75) is 90.4 Å². The van der Waals surface area contributed by atoms with Crippen LogP contribution < -0.4 is 5.32 Å². The van der Waals surface area contributed by atoms with E-state index in [1.807, 2.05) is 0 Å². The number of carbonyl (C=O) groups is 1. The van der Waals surface area contributed by atoms with Crippen molar-refractivity contribution in [2.75, 3.05) is 13.2 Å². The van der Waals surface area contributed by atoms with E-state index in [0.29, 0.717) is 13.0 Å². The molecule has 2 N–H and O–H groups in total. The van der Waals surface area contributed by atoms with Gasteiger partial charge in [0, 0.05) is 13.0 Å². The molecule has 0 aromatic carbocycles. The predicted molar refractivity (Wildman–Crippen MR) is 94.9 cm³/mol. The molecule has 0 saturated carbocycles. The Kier molecular flexibility index (Phi) is 17.5. The summed E-state index contributed by atoms with van der Waals surface area (Å²) >= 11 is 0. The standard InChI is InChI=1S/C19H37NO2/c1-2-3-4-5-6-7-8-9-10-11-12-13-14-15-16-19(22)20-17-18-21/h7-8,21H,2-6,9-18H2,1H3,(H,20,22)/b8-7+. The van der Waals surface area contributed by atoms with E-state index < -0.39 is 0 Å². The highest BCUT2D eigenvalue weighted by molar-refractivity contribution is 5.75. The number of nitrogens with one attached hydrogen (secondary N) is 1. The molecule has 0 heterocycles. The van der Waals surface area contributed by atoms with Gasteiger partial charge in [0.2, 0.25) is 5.91 Å². The number of amides is 1. The third-order valence-corrected chi connectivity index (χ3v) is 3.85. The predicted octanol–water partition coefficient (Wildman–Crippen LogP) is 4.74. The highest BCUT2D eigenvalue weighted by Crippen LogP contribution is 2.09. The summed E-state index contributed by atoms with van der Waals surface area (Å²) in [6, 6.07) is 0. The zero-order chi connectivity index (χ0) is 16.3. The molecule has 0 radical (unpaired) electrons. The first-order valence-corrected chi connectivity index (χ1v) is 9.33. The van der Waals surface area contributed by atoms with Crippen molar-refractivity contribution in [1.82, 2.24) is 5.32 Å². The van der Waals surface area contributed by atoms with Crippen LogP contribution in [0.2, 0.25) is 0 Å². The molecule has 1 amide bonds. The van der Waals surface area contributed by atoms with Crippen LogP contribution in [0, 0.1) is 0 Å². The topological polar surface area (TPSA) is 49.3 Å². The van der Waals surface area contributed by atoms with Gasteiger partial charge in [-0.1, -0.05) is 64.0 Å². The van der Waals surface area contributed by atoms with E-state index in [1.165, 1.54) is 64.2 Å². The fourth-order valence-electron chi connectivity index (χ4n) is 2.46. The lowest BCUT2D eigenvalue weighted by Gasteiger charge is -2.03. The second-order valence-corrected chi connectivity index (χ2v) is 6.05. The lowest BCUT2D eigenvalue weighted by Crippen LogP contribution is -2.25. The van der Waals surface area contributed by atoms with Crippen LogP contribution in [0.5, 0.6) is 0 Å². The molecule has 3 heteroatoms. The van der Waals surface area contributed by atoms with E-state index in [2.05, 4.69) is 24.4 Å². The molecule has 0 aromatic rings. The Hall–Kier alpha value is -0.830. The Labute approximate surface area is 137 Å². The van der Waals surface area contributed by atoms with Crippen molar-refractivity contribution < 1.29 is 9.90 Å². The molecule has 0 aliphatic rings. The molecule has 0 bridgehead atoms. The van der Waals surface area contributed by atoms with Crippen LogP contribution in [-0.4, -0.2) is 24.2 Å². The number of hydrogen-bond donors (Lipinski definition) is 2. The van der Waals surface area contributed by atoms with Crippen LogP contribution in [-0.2, 0) is 4.79 Å². The fourth-order valence-corrected chi connectivity index (χ4v) is 2.46. The van der Waals surface area contributed by atoms with Gasteiger partial charge in [-0.3, -0.25) is 4.79 Å². The summed E-state index contributed by atoms with van der Waals surface area (Å²) in [6.45, 7) is 2.66. The van der Waals surface area contributed by atoms with Gasteiger partial charge in [0.25, 0.3) is 0 Å². The molecule has 3 nitrogen and oxygen atoms in total. The molecule has 22 heavy (non-hydrogen) atoms. The normalized spacial score (nSPS) is 11.2. The average molecular weight is 312 g/mol. The van der Waals surface area contributed by atoms with Crippen LogP contribution in [0.3, 0.4) is 0 Å². The molecule has 0 aliphatic carbocycles. The Balaban J connectivity index is 3.14. The van der Waals surface area contributed by atoms with Crippen molar-refractivity contribution in [1.29, 1.82) is 0 Å². The van der Waals surface area contributed by atoms with Gasteiger partial charge >= 0.3 is 0 Å². The van der Waals surface area contributed by atoms with Crippen LogP contribution in [0.25, 0.3) is 0 Å². The minimum absolute atomic E-state index is 0.0267. The summed E-state index contributed by atoms with van der Waals surface area (Å²) in [7, 11) is 0. The maximum absolute atomic E-state index is 11.3. The zero-order valence-corrected chi connectivity index (χ0v) is 14.6. The fraction of sp³-hybridized carbons (Fsp3) is 0.842. The minimum atomic E-state index is 0.0267. The summed E-state index contributed by atoms with van der Waals surface area (Å²) in [5, 5.41) is 11.3. The molecule has 0 aliphatic heterocycles. The number of carbonyl (C=O) groups excluding carboxylic acids is 1. The van der Waals surface area contributed by atoms with E-state index >= 15 is 0 Å². The van der Waals surface area contributed by atoms with E-state index in [-0.39, 0.29) is 12.5 Å².